The maximum atomic E-state index is 5.67. The second kappa shape index (κ2) is 6.37. The van der Waals surface area contributed by atoms with Crippen LogP contribution in [0.2, 0.25) is 0 Å². The Labute approximate surface area is 107 Å². The Hall–Kier alpha value is 0.610. The summed E-state index contributed by atoms with van der Waals surface area (Å²) in [5.74, 6) is 0. The van der Waals surface area contributed by atoms with Crippen molar-refractivity contribution in [3.63, 3.8) is 0 Å². The summed E-state index contributed by atoms with van der Waals surface area (Å²) in [4.78, 5) is 2.46. The fraction of sp³-hybridized carbons (Fsp3) is 1.00. The van der Waals surface area contributed by atoms with E-state index in [9.17, 15) is 0 Å². The molecular formula is C11H22INO2. The van der Waals surface area contributed by atoms with Crippen molar-refractivity contribution in [2.75, 3.05) is 32.8 Å². The number of hydrogen-bond acceptors (Lipinski definition) is 3. The van der Waals surface area contributed by atoms with Gasteiger partial charge >= 0.3 is 0 Å². The standard InChI is InChI=1S/C11H22INO2/c1-10(12)14-7-4-5-13-6-8-15-11(2,3)9-13/h10H,4-9H2,1-3H3. The molecule has 1 aliphatic rings. The van der Waals surface area contributed by atoms with E-state index in [1.807, 2.05) is 0 Å². The Bertz CT molecular complexity index is 185. The lowest BCUT2D eigenvalue weighted by molar-refractivity contribution is -0.0870. The van der Waals surface area contributed by atoms with Gasteiger partial charge in [-0.2, -0.15) is 0 Å². The van der Waals surface area contributed by atoms with Crippen LogP contribution >= 0.6 is 22.6 Å². The number of alkyl halides is 1. The van der Waals surface area contributed by atoms with Crippen LogP contribution in [0.4, 0.5) is 0 Å². The van der Waals surface area contributed by atoms with E-state index in [-0.39, 0.29) is 5.60 Å². The van der Waals surface area contributed by atoms with Crippen molar-refractivity contribution in [3.05, 3.63) is 0 Å². The first-order valence-electron chi connectivity index (χ1n) is 5.61. The first kappa shape index (κ1) is 13.7. The summed E-state index contributed by atoms with van der Waals surface area (Å²) in [5, 5.41) is 0. The first-order valence-corrected chi connectivity index (χ1v) is 6.86. The SMILES string of the molecule is CC(I)OCCCN1CCOC(C)(C)C1. The van der Waals surface area contributed by atoms with Crippen molar-refractivity contribution < 1.29 is 9.47 Å². The first-order chi connectivity index (χ1) is 6.99. The quantitative estimate of drug-likeness (QED) is 0.439. The van der Waals surface area contributed by atoms with E-state index in [0.29, 0.717) is 4.11 Å². The highest BCUT2D eigenvalue weighted by Crippen LogP contribution is 2.16. The van der Waals surface area contributed by atoms with E-state index in [4.69, 9.17) is 9.47 Å². The largest absolute Gasteiger partial charge is 0.373 e. The molecule has 90 valence electrons. The van der Waals surface area contributed by atoms with E-state index in [0.717, 1.165) is 39.3 Å². The van der Waals surface area contributed by atoms with Crippen molar-refractivity contribution >= 4 is 22.6 Å². The summed E-state index contributed by atoms with van der Waals surface area (Å²) in [5.41, 5.74) is 0.0235. The number of hydrogen-bond donors (Lipinski definition) is 0. The van der Waals surface area contributed by atoms with E-state index in [1.54, 1.807) is 0 Å². The van der Waals surface area contributed by atoms with Gasteiger partial charge in [-0.25, -0.2) is 0 Å². The zero-order chi connectivity index (χ0) is 11.3. The average molecular weight is 327 g/mol. The molecule has 0 radical (unpaired) electrons. The Morgan fingerprint density at radius 1 is 1.53 bits per heavy atom. The molecule has 1 unspecified atom stereocenters. The van der Waals surface area contributed by atoms with Crippen molar-refractivity contribution in [1.29, 1.82) is 0 Å². The van der Waals surface area contributed by atoms with Crippen LogP contribution in [0, 0.1) is 0 Å². The average Bonchev–Trinajstić information content (AvgIpc) is 2.10. The lowest BCUT2D eigenvalue weighted by Crippen LogP contribution is -2.48. The minimum Gasteiger partial charge on any atom is -0.373 e. The number of rotatable bonds is 5. The molecule has 0 amide bonds. The highest BCUT2D eigenvalue weighted by atomic mass is 127. The second-order valence-corrected chi connectivity index (χ2v) is 6.41. The van der Waals surface area contributed by atoms with Gasteiger partial charge in [-0.1, -0.05) is 22.6 Å². The van der Waals surface area contributed by atoms with E-state index in [2.05, 4.69) is 48.3 Å². The zero-order valence-corrected chi connectivity index (χ0v) is 12.1. The van der Waals surface area contributed by atoms with Gasteiger partial charge in [0.2, 0.25) is 0 Å². The van der Waals surface area contributed by atoms with Crippen molar-refractivity contribution in [2.45, 2.75) is 36.9 Å². The molecule has 0 aromatic carbocycles. The van der Waals surface area contributed by atoms with Gasteiger partial charge in [0, 0.05) is 26.2 Å². The van der Waals surface area contributed by atoms with Crippen LogP contribution in [-0.2, 0) is 9.47 Å². The van der Waals surface area contributed by atoms with Crippen molar-refractivity contribution in [3.8, 4) is 0 Å². The summed E-state index contributed by atoms with van der Waals surface area (Å²) in [6.07, 6.45) is 1.11. The van der Waals surface area contributed by atoms with Gasteiger partial charge in [-0.3, -0.25) is 4.90 Å². The van der Waals surface area contributed by atoms with Crippen LogP contribution < -0.4 is 0 Å². The van der Waals surface area contributed by atoms with E-state index in [1.165, 1.54) is 0 Å². The summed E-state index contributed by atoms with van der Waals surface area (Å²) >= 11 is 2.29. The Morgan fingerprint density at radius 3 is 2.87 bits per heavy atom. The summed E-state index contributed by atoms with van der Waals surface area (Å²) < 4.78 is 11.5. The van der Waals surface area contributed by atoms with Crippen molar-refractivity contribution in [2.24, 2.45) is 0 Å². The fourth-order valence-electron chi connectivity index (χ4n) is 1.84. The van der Waals surface area contributed by atoms with Gasteiger partial charge in [0.05, 0.1) is 12.2 Å². The Morgan fingerprint density at radius 2 is 2.27 bits per heavy atom. The number of halogens is 1. The van der Waals surface area contributed by atoms with Gasteiger partial charge in [0.1, 0.15) is 4.11 Å². The molecule has 1 aliphatic heterocycles. The third kappa shape index (κ3) is 6.04. The van der Waals surface area contributed by atoms with Gasteiger partial charge in [-0.15, -0.1) is 0 Å². The number of nitrogens with zero attached hydrogens (tertiary/aromatic N) is 1. The van der Waals surface area contributed by atoms with E-state index < -0.39 is 0 Å². The minimum atomic E-state index is 0.0235. The fourth-order valence-corrected chi connectivity index (χ4v) is 2.09. The molecule has 0 aromatic rings. The molecule has 0 bridgehead atoms. The van der Waals surface area contributed by atoms with Crippen LogP contribution in [0.15, 0.2) is 0 Å². The molecule has 15 heavy (non-hydrogen) atoms. The van der Waals surface area contributed by atoms with Crippen molar-refractivity contribution in [1.82, 2.24) is 4.90 Å². The second-order valence-electron chi connectivity index (χ2n) is 4.65. The Balaban J connectivity index is 2.11. The normalized spacial score (nSPS) is 24.0. The number of ether oxygens (including phenoxy) is 2. The summed E-state index contributed by atoms with van der Waals surface area (Å²) in [7, 11) is 0. The third-order valence-electron chi connectivity index (χ3n) is 2.47. The predicted octanol–water partition coefficient (Wildman–Crippen LogP) is 2.28. The van der Waals surface area contributed by atoms with Gasteiger partial charge < -0.3 is 9.47 Å². The van der Waals surface area contributed by atoms with E-state index >= 15 is 0 Å². The predicted molar refractivity (Wildman–Crippen MR) is 70.5 cm³/mol. The van der Waals surface area contributed by atoms with Crippen LogP contribution in [0.5, 0.6) is 0 Å². The van der Waals surface area contributed by atoms with Gasteiger partial charge in [0.25, 0.3) is 0 Å². The topological polar surface area (TPSA) is 21.7 Å². The van der Waals surface area contributed by atoms with Gasteiger partial charge in [-0.05, 0) is 27.2 Å². The summed E-state index contributed by atoms with van der Waals surface area (Å²) in [6, 6.07) is 0. The van der Waals surface area contributed by atoms with Crippen LogP contribution in [0.3, 0.4) is 0 Å². The smallest absolute Gasteiger partial charge is 0.106 e. The minimum absolute atomic E-state index is 0.0235. The molecule has 1 fully saturated rings. The maximum absolute atomic E-state index is 5.67. The molecule has 1 rings (SSSR count). The monoisotopic (exact) mass is 327 g/mol. The zero-order valence-electron chi connectivity index (χ0n) is 9.96. The molecule has 0 spiro atoms. The molecule has 1 saturated heterocycles. The molecule has 4 heteroatoms. The molecule has 0 saturated carbocycles. The highest BCUT2D eigenvalue weighted by molar-refractivity contribution is 14.1. The molecule has 1 atom stereocenters. The molecular weight excluding hydrogens is 305 g/mol. The molecule has 0 aliphatic carbocycles. The maximum Gasteiger partial charge on any atom is 0.106 e. The molecule has 3 nitrogen and oxygen atoms in total. The van der Waals surface area contributed by atoms with Crippen LogP contribution in [-0.4, -0.2) is 47.5 Å². The molecule has 1 heterocycles. The summed E-state index contributed by atoms with van der Waals surface area (Å²) in [6.45, 7) is 11.3. The van der Waals surface area contributed by atoms with Crippen LogP contribution in [0.1, 0.15) is 27.2 Å². The van der Waals surface area contributed by atoms with Crippen LogP contribution in [0.25, 0.3) is 0 Å². The lowest BCUT2D eigenvalue weighted by Gasteiger charge is -2.38. The lowest BCUT2D eigenvalue weighted by atomic mass is 10.1. The highest BCUT2D eigenvalue weighted by Gasteiger charge is 2.26. The molecule has 0 N–H and O–H groups in total. The number of morpholine rings is 1. The third-order valence-corrected chi connectivity index (χ3v) is 2.83. The molecule has 0 aromatic heterocycles. The Kier molecular flexibility index (Phi) is 5.81. The van der Waals surface area contributed by atoms with Gasteiger partial charge in [0.15, 0.2) is 0 Å².